The first-order valence-electron chi connectivity index (χ1n) is 8.49. The first-order chi connectivity index (χ1) is 9.44. The summed E-state index contributed by atoms with van der Waals surface area (Å²) < 4.78 is 5.91. The van der Waals surface area contributed by atoms with Gasteiger partial charge in [-0.15, -0.1) is 0 Å². The molecule has 1 saturated heterocycles. The van der Waals surface area contributed by atoms with Crippen LogP contribution in [0, 0.1) is 17.8 Å². The zero-order valence-electron chi connectivity index (χ0n) is 13.5. The summed E-state index contributed by atoms with van der Waals surface area (Å²) in [5, 5.41) is 0. The van der Waals surface area contributed by atoms with Gasteiger partial charge in [-0.3, -0.25) is 4.90 Å². The minimum atomic E-state index is -0.0272. The van der Waals surface area contributed by atoms with Crippen molar-refractivity contribution in [2.75, 3.05) is 26.7 Å². The molecule has 3 heteroatoms. The van der Waals surface area contributed by atoms with E-state index in [0.29, 0.717) is 0 Å². The lowest BCUT2D eigenvalue weighted by Gasteiger charge is -2.50. The summed E-state index contributed by atoms with van der Waals surface area (Å²) in [4.78, 5) is 2.60. The first-order valence-corrected chi connectivity index (χ1v) is 8.49. The lowest BCUT2D eigenvalue weighted by molar-refractivity contribution is -0.116. The molecule has 4 unspecified atom stereocenters. The normalized spacial score (nSPS) is 43.4. The number of nitrogens with zero attached hydrogens (tertiary/aromatic N) is 1. The summed E-state index contributed by atoms with van der Waals surface area (Å²) in [7, 11) is 2.31. The van der Waals surface area contributed by atoms with Crippen molar-refractivity contribution < 1.29 is 4.74 Å². The molecule has 2 bridgehead atoms. The molecular weight excluding hydrogens is 248 g/mol. The SMILES string of the molecule is CN(CC1CC2CCC1C2)C1(CN)CCOC(C)(C)C1. The van der Waals surface area contributed by atoms with Crippen LogP contribution in [-0.4, -0.2) is 42.8 Å². The van der Waals surface area contributed by atoms with Crippen LogP contribution in [0.3, 0.4) is 0 Å². The van der Waals surface area contributed by atoms with E-state index in [-0.39, 0.29) is 11.1 Å². The molecule has 3 nitrogen and oxygen atoms in total. The second-order valence-corrected chi connectivity index (χ2v) is 8.28. The number of ether oxygens (including phenoxy) is 1. The summed E-state index contributed by atoms with van der Waals surface area (Å²) in [5.74, 6) is 2.97. The van der Waals surface area contributed by atoms with Crippen molar-refractivity contribution in [1.82, 2.24) is 4.90 Å². The Balaban J connectivity index is 1.66. The molecule has 0 aromatic rings. The van der Waals surface area contributed by atoms with Crippen molar-refractivity contribution in [2.24, 2.45) is 23.5 Å². The van der Waals surface area contributed by atoms with E-state index in [9.17, 15) is 0 Å². The summed E-state index contributed by atoms with van der Waals surface area (Å²) in [6, 6.07) is 0. The van der Waals surface area contributed by atoms with Gasteiger partial charge < -0.3 is 10.5 Å². The second kappa shape index (κ2) is 5.26. The van der Waals surface area contributed by atoms with Crippen LogP contribution < -0.4 is 5.73 Å². The monoisotopic (exact) mass is 280 g/mol. The second-order valence-electron chi connectivity index (χ2n) is 8.28. The van der Waals surface area contributed by atoms with Crippen LogP contribution in [0.2, 0.25) is 0 Å². The molecule has 3 aliphatic rings. The molecule has 1 heterocycles. The topological polar surface area (TPSA) is 38.5 Å². The number of hydrogen-bond donors (Lipinski definition) is 1. The zero-order chi connectivity index (χ0) is 14.4. The molecule has 2 saturated carbocycles. The molecule has 0 spiro atoms. The predicted octanol–water partition coefficient (Wildman–Crippen LogP) is 2.64. The van der Waals surface area contributed by atoms with Crippen LogP contribution in [0.4, 0.5) is 0 Å². The van der Waals surface area contributed by atoms with E-state index >= 15 is 0 Å². The molecule has 4 atom stereocenters. The molecular formula is C17H32N2O. The van der Waals surface area contributed by atoms with Gasteiger partial charge in [0.05, 0.1) is 5.60 Å². The highest BCUT2D eigenvalue weighted by atomic mass is 16.5. The highest BCUT2D eigenvalue weighted by molar-refractivity contribution is 5.00. The zero-order valence-corrected chi connectivity index (χ0v) is 13.5. The quantitative estimate of drug-likeness (QED) is 0.860. The Hall–Kier alpha value is -0.120. The van der Waals surface area contributed by atoms with Gasteiger partial charge in [-0.05, 0) is 70.8 Å². The van der Waals surface area contributed by atoms with Crippen molar-refractivity contribution >= 4 is 0 Å². The minimum absolute atomic E-state index is 0.0272. The van der Waals surface area contributed by atoms with Crippen LogP contribution in [0.15, 0.2) is 0 Å². The van der Waals surface area contributed by atoms with E-state index in [1.165, 1.54) is 32.2 Å². The lowest BCUT2D eigenvalue weighted by Crippen LogP contribution is -2.60. The predicted molar refractivity (Wildman–Crippen MR) is 82.6 cm³/mol. The van der Waals surface area contributed by atoms with E-state index in [2.05, 4.69) is 25.8 Å². The summed E-state index contributed by atoms with van der Waals surface area (Å²) in [6.45, 7) is 7.28. The summed E-state index contributed by atoms with van der Waals surface area (Å²) in [6.07, 6.45) is 8.09. The van der Waals surface area contributed by atoms with Gasteiger partial charge in [0.1, 0.15) is 0 Å². The van der Waals surface area contributed by atoms with Gasteiger partial charge in [0.25, 0.3) is 0 Å². The van der Waals surface area contributed by atoms with Gasteiger partial charge in [-0.1, -0.05) is 6.42 Å². The number of rotatable bonds is 4. The third-order valence-corrected chi connectivity index (χ3v) is 6.40. The highest BCUT2D eigenvalue weighted by Gasteiger charge is 2.45. The van der Waals surface area contributed by atoms with Crippen LogP contribution >= 0.6 is 0 Å². The van der Waals surface area contributed by atoms with Gasteiger partial charge in [0.15, 0.2) is 0 Å². The maximum absolute atomic E-state index is 6.21. The van der Waals surface area contributed by atoms with Gasteiger partial charge >= 0.3 is 0 Å². The molecule has 2 aliphatic carbocycles. The fourth-order valence-electron chi connectivity index (χ4n) is 5.25. The number of likely N-dealkylation sites (N-methyl/N-ethyl adjacent to an activating group) is 1. The average molecular weight is 280 g/mol. The van der Waals surface area contributed by atoms with Crippen molar-refractivity contribution in [3.8, 4) is 0 Å². The number of hydrogen-bond acceptors (Lipinski definition) is 3. The molecule has 116 valence electrons. The standard InChI is InChI=1S/C17H32N2O/c1-16(2)11-17(12-18,6-7-20-16)19(3)10-15-9-13-4-5-14(15)8-13/h13-15H,4-12,18H2,1-3H3. The Labute approximate surface area is 124 Å². The van der Waals surface area contributed by atoms with E-state index in [1.54, 1.807) is 0 Å². The maximum atomic E-state index is 6.21. The van der Waals surface area contributed by atoms with E-state index < -0.39 is 0 Å². The van der Waals surface area contributed by atoms with Gasteiger partial charge in [-0.2, -0.15) is 0 Å². The fourth-order valence-corrected chi connectivity index (χ4v) is 5.25. The Morgan fingerprint density at radius 3 is 2.60 bits per heavy atom. The molecule has 20 heavy (non-hydrogen) atoms. The van der Waals surface area contributed by atoms with Gasteiger partial charge in [-0.25, -0.2) is 0 Å². The molecule has 2 N–H and O–H groups in total. The molecule has 0 amide bonds. The highest BCUT2D eigenvalue weighted by Crippen LogP contribution is 2.49. The Kier molecular flexibility index (Phi) is 3.89. The third-order valence-electron chi connectivity index (χ3n) is 6.40. The molecule has 0 aromatic heterocycles. The van der Waals surface area contributed by atoms with E-state index in [1.807, 2.05) is 0 Å². The van der Waals surface area contributed by atoms with Crippen molar-refractivity contribution in [2.45, 2.75) is 63.5 Å². The van der Waals surface area contributed by atoms with Crippen LogP contribution in [0.5, 0.6) is 0 Å². The van der Waals surface area contributed by atoms with E-state index in [4.69, 9.17) is 10.5 Å². The molecule has 0 aromatic carbocycles. The van der Waals surface area contributed by atoms with Crippen molar-refractivity contribution in [1.29, 1.82) is 0 Å². The lowest BCUT2D eigenvalue weighted by atomic mass is 9.79. The average Bonchev–Trinajstić information content (AvgIpc) is 2.99. The van der Waals surface area contributed by atoms with E-state index in [0.717, 1.165) is 43.7 Å². The Bertz CT molecular complexity index is 357. The number of fused-ring (bicyclic) bond motifs is 2. The summed E-state index contributed by atoms with van der Waals surface area (Å²) in [5.41, 5.74) is 6.34. The Morgan fingerprint density at radius 1 is 1.25 bits per heavy atom. The van der Waals surface area contributed by atoms with Gasteiger partial charge in [0.2, 0.25) is 0 Å². The Morgan fingerprint density at radius 2 is 2.05 bits per heavy atom. The van der Waals surface area contributed by atoms with Crippen LogP contribution in [0.25, 0.3) is 0 Å². The fraction of sp³-hybridized carbons (Fsp3) is 1.00. The molecule has 1 aliphatic heterocycles. The maximum Gasteiger partial charge on any atom is 0.0644 e. The van der Waals surface area contributed by atoms with Crippen molar-refractivity contribution in [3.05, 3.63) is 0 Å². The smallest absolute Gasteiger partial charge is 0.0644 e. The summed E-state index contributed by atoms with van der Waals surface area (Å²) >= 11 is 0. The minimum Gasteiger partial charge on any atom is -0.375 e. The largest absolute Gasteiger partial charge is 0.375 e. The molecule has 3 rings (SSSR count). The first kappa shape index (κ1) is 14.8. The molecule has 3 fully saturated rings. The van der Waals surface area contributed by atoms with Gasteiger partial charge in [0, 0.05) is 25.2 Å². The number of nitrogens with two attached hydrogens (primary N) is 1. The van der Waals surface area contributed by atoms with Crippen molar-refractivity contribution in [3.63, 3.8) is 0 Å². The molecule has 0 radical (unpaired) electrons. The van der Waals surface area contributed by atoms with Crippen LogP contribution in [-0.2, 0) is 4.74 Å². The van der Waals surface area contributed by atoms with Crippen LogP contribution in [0.1, 0.15) is 52.4 Å². The third kappa shape index (κ3) is 2.65.